The third-order valence-electron chi connectivity index (χ3n) is 4.33. The molecule has 94 valence electrons. The molecule has 0 bridgehead atoms. The van der Waals surface area contributed by atoms with E-state index in [1.165, 1.54) is 37.3 Å². The number of rotatable bonds is 3. The first-order valence-corrected chi connectivity index (χ1v) is 7.53. The molecule has 0 aliphatic carbocycles. The lowest BCUT2D eigenvalue weighted by Crippen LogP contribution is -2.63. The van der Waals surface area contributed by atoms with E-state index in [1.807, 2.05) is 0 Å². The van der Waals surface area contributed by atoms with Crippen molar-refractivity contribution in [1.82, 2.24) is 9.80 Å². The van der Waals surface area contributed by atoms with Crippen LogP contribution in [0.4, 0.5) is 0 Å². The lowest BCUT2D eigenvalue weighted by atomic mass is 9.86. The predicted octanol–water partition coefficient (Wildman–Crippen LogP) is 0.847. The molecule has 2 rings (SSSR count). The van der Waals surface area contributed by atoms with Crippen LogP contribution < -0.4 is 5.73 Å². The molecule has 2 unspecified atom stereocenters. The van der Waals surface area contributed by atoms with Crippen molar-refractivity contribution in [3.63, 3.8) is 0 Å². The Bertz CT molecular complexity index is 230. The van der Waals surface area contributed by atoms with E-state index >= 15 is 0 Å². The Morgan fingerprint density at radius 3 is 2.94 bits per heavy atom. The number of likely N-dealkylation sites (N-methyl/N-ethyl adjacent to an activating group) is 2. The van der Waals surface area contributed by atoms with E-state index in [0.717, 1.165) is 19.1 Å². The zero-order valence-corrected chi connectivity index (χ0v) is 11.4. The molecule has 0 aromatic heterocycles. The number of nitrogens with zero attached hydrogens (tertiary/aromatic N) is 2. The normalized spacial score (nSPS) is 37.1. The van der Waals surface area contributed by atoms with Crippen molar-refractivity contribution in [3.05, 3.63) is 0 Å². The second kappa shape index (κ2) is 5.25. The second-order valence-corrected chi connectivity index (χ2v) is 6.55. The highest BCUT2D eigenvalue weighted by atomic mass is 32.2. The SMILES string of the molecule is CN1CCCC(CN)(N(C)C2CCSC2)C1. The average Bonchev–Trinajstić information content (AvgIpc) is 2.81. The van der Waals surface area contributed by atoms with Gasteiger partial charge in [-0.05, 0) is 45.7 Å². The summed E-state index contributed by atoms with van der Waals surface area (Å²) in [5, 5.41) is 0. The Morgan fingerprint density at radius 1 is 1.56 bits per heavy atom. The molecule has 2 heterocycles. The summed E-state index contributed by atoms with van der Waals surface area (Å²) in [5.41, 5.74) is 6.33. The topological polar surface area (TPSA) is 32.5 Å². The van der Waals surface area contributed by atoms with E-state index in [9.17, 15) is 0 Å². The summed E-state index contributed by atoms with van der Waals surface area (Å²) in [4.78, 5) is 5.04. The molecule has 0 aromatic carbocycles. The first kappa shape index (κ1) is 12.7. The summed E-state index contributed by atoms with van der Waals surface area (Å²) >= 11 is 2.09. The number of piperidine rings is 1. The van der Waals surface area contributed by atoms with Gasteiger partial charge in [0.2, 0.25) is 0 Å². The van der Waals surface area contributed by atoms with E-state index in [2.05, 4.69) is 35.7 Å². The lowest BCUT2D eigenvalue weighted by Gasteiger charge is -2.49. The molecule has 0 amide bonds. The van der Waals surface area contributed by atoms with Gasteiger partial charge in [-0.15, -0.1) is 0 Å². The van der Waals surface area contributed by atoms with Gasteiger partial charge in [0, 0.05) is 30.4 Å². The van der Waals surface area contributed by atoms with Crippen molar-refractivity contribution < 1.29 is 0 Å². The maximum Gasteiger partial charge on any atom is 0.0458 e. The Kier molecular flexibility index (Phi) is 4.16. The van der Waals surface area contributed by atoms with Crippen molar-refractivity contribution in [2.45, 2.75) is 30.8 Å². The Labute approximate surface area is 104 Å². The fraction of sp³-hybridized carbons (Fsp3) is 1.00. The molecule has 0 aromatic rings. The van der Waals surface area contributed by atoms with E-state index in [4.69, 9.17) is 5.73 Å². The van der Waals surface area contributed by atoms with E-state index in [1.54, 1.807) is 0 Å². The van der Waals surface area contributed by atoms with Gasteiger partial charge in [-0.25, -0.2) is 0 Å². The largest absolute Gasteiger partial charge is 0.329 e. The van der Waals surface area contributed by atoms with Gasteiger partial charge >= 0.3 is 0 Å². The molecule has 0 radical (unpaired) electrons. The number of thioether (sulfide) groups is 1. The molecule has 0 saturated carbocycles. The third kappa shape index (κ3) is 2.40. The molecular weight excluding hydrogens is 218 g/mol. The van der Waals surface area contributed by atoms with Crippen LogP contribution in [0, 0.1) is 0 Å². The first-order chi connectivity index (χ1) is 7.68. The fourth-order valence-corrected chi connectivity index (χ4v) is 4.42. The third-order valence-corrected chi connectivity index (χ3v) is 5.47. The molecule has 16 heavy (non-hydrogen) atoms. The van der Waals surface area contributed by atoms with Crippen LogP contribution >= 0.6 is 11.8 Å². The van der Waals surface area contributed by atoms with Crippen molar-refractivity contribution in [1.29, 1.82) is 0 Å². The Hall–Kier alpha value is 0.230. The van der Waals surface area contributed by atoms with E-state index < -0.39 is 0 Å². The van der Waals surface area contributed by atoms with Crippen LogP contribution in [0.5, 0.6) is 0 Å². The minimum atomic E-state index is 0.239. The van der Waals surface area contributed by atoms with Crippen molar-refractivity contribution in [3.8, 4) is 0 Å². The molecule has 0 spiro atoms. The first-order valence-electron chi connectivity index (χ1n) is 6.37. The van der Waals surface area contributed by atoms with Gasteiger partial charge < -0.3 is 10.6 Å². The highest BCUT2D eigenvalue weighted by Crippen LogP contribution is 2.31. The quantitative estimate of drug-likeness (QED) is 0.796. The van der Waals surface area contributed by atoms with Crippen molar-refractivity contribution >= 4 is 11.8 Å². The van der Waals surface area contributed by atoms with Crippen LogP contribution in [0.2, 0.25) is 0 Å². The summed E-state index contributed by atoms with van der Waals surface area (Å²) in [6.07, 6.45) is 3.90. The summed E-state index contributed by atoms with van der Waals surface area (Å²) in [6, 6.07) is 0.750. The molecule has 3 nitrogen and oxygen atoms in total. The number of likely N-dealkylation sites (tertiary alicyclic amines) is 1. The van der Waals surface area contributed by atoms with Crippen LogP contribution in [0.15, 0.2) is 0 Å². The van der Waals surface area contributed by atoms with Gasteiger partial charge in [-0.2, -0.15) is 11.8 Å². The zero-order chi connectivity index (χ0) is 11.6. The minimum Gasteiger partial charge on any atom is -0.329 e. The maximum atomic E-state index is 6.09. The lowest BCUT2D eigenvalue weighted by molar-refractivity contribution is 0.0221. The standard InChI is InChI=1S/C12H25N3S/c1-14-6-3-5-12(9-13,10-14)15(2)11-4-7-16-8-11/h11H,3-10,13H2,1-2H3. The van der Waals surface area contributed by atoms with Crippen LogP contribution in [0.1, 0.15) is 19.3 Å². The number of hydrogen-bond donors (Lipinski definition) is 1. The highest BCUT2D eigenvalue weighted by molar-refractivity contribution is 7.99. The molecule has 2 atom stereocenters. The zero-order valence-electron chi connectivity index (χ0n) is 10.6. The van der Waals surface area contributed by atoms with Gasteiger partial charge in [-0.3, -0.25) is 4.90 Å². The molecule has 2 saturated heterocycles. The van der Waals surface area contributed by atoms with E-state index in [0.29, 0.717) is 0 Å². The average molecular weight is 243 g/mol. The molecule has 2 fully saturated rings. The van der Waals surface area contributed by atoms with Gasteiger partial charge in [0.25, 0.3) is 0 Å². The molecule has 2 aliphatic heterocycles. The van der Waals surface area contributed by atoms with Crippen LogP contribution in [-0.2, 0) is 0 Å². The monoisotopic (exact) mass is 243 g/mol. The van der Waals surface area contributed by atoms with Crippen molar-refractivity contribution in [2.75, 3.05) is 45.2 Å². The Balaban J connectivity index is 2.06. The second-order valence-electron chi connectivity index (χ2n) is 5.40. The summed E-state index contributed by atoms with van der Waals surface area (Å²) in [6.45, 7) is 3.17. The maximum absolute atomic E-state index is 6.09. The van der Waals surface area contributed by atoms with Crippen molar-refractivity contribution in [2.24, 2.45) is 5.73 Å². The summed E-state index contributed by atoms with van der Waals surface area (Å²) in [7, 11) is 4.52. The van der Waals surface area contributed by atoms with Crippen LogP contribution in [-0.4, -0.2) is 66.6 Å². The van der Waals surface area contributed by atoms with Gasteiger partial charge in [0.15, 0.2) is 0 Å². The van der Waals surface area contributed by atoms with Crippen LogP contribution in [0.3, 0.4) is 0 Å². The molecule has 2 aliphatic rings. The van der Waals surface area contributed by atoms with Crippen LogP contribution in [0.25, 0.3) is 0 Å². The summed E-state index contributed by atoms with van der Waals surface area (Å²) < 4.78 is 0. The van der Waals surface area contributed by atoms with E-state index in [-0.39, 0.29) is 5.54 Å². The predicted molar refractivity (Wildman–Crippen MR) is 72.0 cm³/mol. The molecule has 2 N–H and O–H groups in total. The smallest absolute Gasteiger partial charge is 0.0458 e. The molecule has 4 heteroatoms. The number of nitrogens with two attached hydrogens (primary N) is 1. The fourth-order valence-electron chi connectivity index (χ4n) is 3.15. The summed E-state index contributed by atoms with van der Waals surface area (Å²) in [5.74, 6) is 2.62. The number of hydrogen-bond acceptors (Lipinski definition) is 4. The Morgan fingerprint density at radius 2 is 2.38 bits per heavy atom. The minimum absolute atomic E-state index is 0.239. The van der Waals surface area contributed by atoms with Gasteiger partial charge in [0.1, 0.15) is 0 Å². The highest BCUT2D eigenvalue weighted by Gasteiger charge is 2.40. The molecular formula is C12H25N3S. The van der Waals surface area contributed by atoms with Gasteiger partial charge in [0.05, 0.1) is 0 Å². The van der Waals surface area contributed by atoms with Gasteiger partial charge in [-0.1, -0.05) is 0 Å².